The van der Waals surface area contributed by atoms with Crippen LogP contribution in [0.25, 0.3) is 16.8 Å². The van der Waals surface area contributed by atoms with Crippen LogP contribution in [0.3, 0.4) is 0 Å². The Morgan fingerprint density at radius 3 is 2.45 bits per heavy atom. The summed E-state index contributed by atoms with van der Waals surface area (Å²) in [7, 11) is 1.32. The highest BCUT2D eigenvalue weighted by atomic mass is 32.2. The van der Waals surface area contributed by atoms with Crippen LogP contribution >= 0.6 is 11.8 Å². The van der Waals surface area contributed by atoms with Gasteiger partial charge in [0.2, 0.25) is 0 Å². The molecular weight excluding hydrogens is 386 g/mol. The molecule has 1 aliphatic heterocycles. The summed E-state index contributed by atoms with van der Waals surface area (Å²) >= 11 is 0.921. The molecule has 29 heavy (non-hydrogen) atoms. The predicted octanol–water partition coefficient (Wildman–Crippen LogP) is 4.86. The second kappa shape index (κ2) is 7.93. The third-order valence-electron chi connectivity index (χ3n) is 4.66. The minimum Gasteiger partial charge on any atom is -0.465 e. The standard InChI is InChI=1S/C23H17NO4S/c1-28-22(26)18-10-6-15(7-11-18)13-20-21(25)24(23(27)29-20)14-16-8-9-17-4-2-3-5-19(17)12-16/h2-13H,14H2,1H3. The van der Waals surface area contributed by atoms with Crippen LogP contribution in [-0.4, -0.2) is 29.1 Å². The fourth-order valence-electron chi connectivity index (χ4n) is 3.14. The largest absolute Gasteiger partial charge is 0.465 e. The van der Waals surface area contributed by atoms with Gasteiger partial charge in [-0.3, -0.25) is 14.5 Å². The van der Waals surface area contributed by atoms with Gasteiger partial charge in [0.05, 0.1) is 24.1 Å². The quantitative estimate of drug-likeness (QED) is 0.460. The Morgan fingerprint density at radius 1 is 1.00 bits per heavy atom. The van der Waals surface area contributed by atoms with Crippen LogP contribution in [0.1, 0.15) is 21.5 Å². The van der Waals surface area contributed by atoms with Gasteiger partial charge in [-0.15, -0.1) is 0 Å². The zero-order chi connectivity index (χ0) is 20.4. The Kier molecular flexibility index (Phi) is 5.18. The van der Waals surface area contributed by atoms with Crippen molar-refractivity contribution in [3.05, 3.63) is 88.3 Å². The second-order valence-corrected chi connectivity index (χ2v) is 7.56. The number of ether oxygens (including phenoxy) is 1. The lowest BCUT2D eigenvalue weighted by Crippen LogP contribution is -2.27. The van der Waals surface area contributed by atoms with Crippen molar-refractivity contribution in [2.45, 2.75) is 6.54 Å². The summed E-state index contributed by atoms with van der Waals surface area (Å²) in [6, 6.07) is 20.5. The van der Waals surface area contributed by atoms with E-state index >= 15 is 0 Å². The van der Waals surface area contributed by atoms with Crippen molar-refractivity contribution in [1.29, 1.82) is 0 Å². The molecule has 3 aromatic carbocycles. The van der Waals surface area contributed by atoms with Gasteiger partial charge in [-0.1, -0.05) is 48.5 Å². The number of thioether (sulfide) groups is 1. The number of esters is 1. The van der Waals surface area contributed by atoms with Crippen molar-refractivity contribution in [2.75, 3.05) is 7.11 Å². The smallest absolute Gasteiger partial charge is 0.337 e. The molecule has 2 amide bonds. The zero-order valence-electron chi connectivity index (χ0n) is 15.6. The molecule has 4 rings (SSSR count). The van der Waals surface area contributed by atoms with Gasteiger partial charge >= 0.3 is 5.97 Å². The summed E-state index contributed by atoms with van der Waals surface area (Å²) < 4.78 is 4.67. The highest BCUT2D eigenvalue weighted by molar-refractivity contribution is 8.18. The van der Waals surface area contributed by atoms with E-state index in [1.165, 1.54) is 12.0 Å². The van der Waals surface area contributed by atoms with Crippen molar-refractivity contribution in [3.63, 3.8) is 0 Å². The molecule has 1 saturated heterocycles. The third-order valence-corrected chi connectivity index (χ3v) is 5.57. The van der Waals surface area contributed by atoms with Crippen molar-refractivity contribution in [2.24, 2.45) is 0 Å². The average molecular weight is 403 g/mol. The monoisotopic (exact) mass is 403 g/mol. The Balaban J connectivity index is 1.53. The Hall–Kier alpha value is -3.38. The van der Waals surface area contributed by atoms with E-state index in [0.29, 0.717) is 10.5 Å². The highest BCUT2D eigenvalue weighted by Crippen LogP contribution is 2.33. The molecule has 3 aromatic rings. The summed E-state index contributed by atoms with van der Waals surface area (Å²) in [5.74, 6) is -0.738. The Bertz CT molecular complexity index is 1150. The van der Waals surface area contributed by atoms with Gasteiger partial charge in [0.25, 0.3) is 11.1 Å². The first kappa shape index (κ1) is 19.0. The SMILES string of the molecule is COC(=O)c1ccc(C=C2SC(=O)N(Cc3ccc4ccccc4c3)C2=O)cc1. The summed E-state index contributed by atoms with van der Waals surface area (Å²) in [4.78, 5) is 38.3. The number of nitrogens with zero attached hydrogens (tertiary/aromatic N) is 1. The number of rotatable bonds is 4. The van der Waals surface area contributed by atoms with Crippen molar-refractivity contribution >= 4 is 45.7 Å². The number of benzene rings is 3. The number of carbonyl (C=O) groups excluding carboxylic acids is 3. The molecule has 1 fully saturated rings. The van der Waals surface area contributed by atoms with Gasteiger partial charge < -0.3 is 4.74 Å². The first-order valence-corrected chi connectivity index (χ1v) is 9.78. The topological polar surface area (TPSA) is 63.7 Å². The van der Waals surface area contributed by atoms with E-state index in [1.54, 1.807) is 30.3 Å². The molecule has 1 heterocycles. The number of amides is 2. The van der Waals surface area contributed by atoms with E-state index < -0.39 is 5.97 Å². The van der Waals surface area contributed by atoms with Crippen molar-refractivity contribution in [3.8, 4) is 0 Å². The molecule has 0 radical (unpaired) electrons. The number of methoxy groups -OCH3 is 1. The first-order valence-electron chi connectivity index (χ1n) is 8.96. The molecule has 0 N–H and O–H groups in total. The maximum Gasteiger partial charge on any atom is 0.337 e. The maximum atomic E-state index is 12.8. The molecule has 0 saturated carbocycles. The number of carbonyl (C=O) groups is 3. The van der Waals surface area contributed by atoms with E-state index in [9.17, 15) is 14.4 Å². The average Bonchev–Trinajstić information content (AvgIpc) is 3.01. The highest BCUT2D eigenvalue weighted by Gasteiger charge is 2.35. The molecule has 6 heteroatoms. The number of hydrogen-bond donors (Lipinski definition) is 0. The van der Waals surface area contributed by atoms with Crippen LogP contribution in [0.5, 0.6) is 0 Å². The molecule has 0 aromatic heterocycles. The molecule has 144 valence electrons. The van der Waals surface area contributed by atoms with E-state index in [1.807, 2.05) is 42.5 Å². The summed E-state index contributed by atoms with van der Waals surface area (Å²) in [6.07, 6.45) is 1.66. The molecule has 5 nitrogen and oxygen atoms in total. The molecule has 1 aliphatic rings. The molecule has 0 unspecified atom stereocenters. The lowest BCUT2D eigenvalue weighted by molar-refractivity contribution is -0.123. The van der Waals surface area contributed by atoms with Crippen LogP contribution in [0.15, 0.2) is 71.6 Å². The fourth-order valence-corrected chi connectivity index (χ4v) is 3.98. The van der Waals surface area contributed by atoms with Crippen molar-refractivity contribution < 1.29 is 19.1 Å². The third kappa shape index (κ3) is 3.93. The predicted molar refractivity (Wildman–Crippen MR) is 113 cm³/mol. The van der Waals surface area contributed by atoms with E-state index in [0.717, 1.165) is 33.7 Å². The first-order chi connectivity index (χ1) is 14.0. The molecule has 0 aliphatic carbocycles. The minimum absolute atomic E-state index is 0.230. The fraction of sp³-hybridized carbons (Fsp3) is 0.0870. The summed E-state index contributed by atoms with van der Waals surface area (Å²) in [5, 5.41) is 1.89. The number of imide groups is 1. The van der Waals surface area contributed by atoms with Crippen LogP contribution in [-0.2, 0) is 16.1 Å². The molecule has 0 atom stereocenters. The Labute approximate surface area is 172 Å². The lowest BCUT2D eigenvalue weighted by atomic mass is 10.1. The second-order valence-electron chi connectivity index (χ2n) is 6.56. The van der Waals surface area contributed by atoms with Crippen LogP contribution in [0, 0.1) is 0 Å². The minimum atomic E-state index is -0.424. The normalized spacial score (nSPS) is 15.3. The van der Waals surface area contributed by atoms with Crippen LogP contribution in [0.4, 0.5) is 4.79 Å². The zero-order valence-corrected chi connectivity index (χ0v) is 16.4. The van der Waals surface area contributed by atoms with Crippen molar-refractivity contribution in [1.82, 2.24) is 4.90 Å². The van der Waals surface area contributed by atoms with Gasteiger partial charge in [-0.05, 0) is 57.9 Å². The molecule has 0 bridgehead atoms. The number of fused-ring (bicyclic) bond motifs is 1. The van der Waals surface area contributed by atoms with Gasteiger partial charge in [-0.25, -0.2) is 4.79 Å². The van der Waals surface area contributed by atoms with Crippen LogP contribution in [0.2, 0.25) is 0 Å². The van der Waals surface area contributed by atoms with E-state index in [4.69, 9.17) is 0 Å². The lowest BCUT2D eigenvalue weighted by Gasteiger charge is -2.13. The van der Waals surface area contributed by atoms with Gasteiger partial charge in [0, 0.05) is 0 Å². The molecular formula is C23H17NO4S. The van der Waals surface area contributed by atoms with Gasteiger partial charge in [0.1, 0.15) is 0 Å². The van der Waals surface area contributed by atoms with Crippen LogP contribution < -0.4 is 0 Å². The van der Waals surface area contributed by atoms with Gasteiger partial charge in [-0.2, -0.15) is 0 Å². The summed E-state index contributed by atoms with van der Waals surface area (Å²) in [6.45, 7) is 0.230. The Morgan fingerprint density at radius 2 is 1.72 bits per heavy atom. The number of hydrogen-bond acceptors (Lipinski definition) is 5. The van der Waals surface area contributed by atoms with Gasteiger partial charge in [0.15, 0.2) is 0 Å². The van der Waals surface area contributed by atoms with E-state index in [-0.39, 0.29) is 17.7 Å². The summed E-state index contributed by atoms with van der Waals surface area (Å²) in [5.41, 5.74) is 2.05. The molecule has 0 spiro atoms. The maximum absolute atomic E-state index is 12.8. The van der Waals surface area contributed by atoms with E-state index in [2.05, 4.69) is 4.74 Å².